The van der Waals surface area contributed by atoms with Gasteiger partial charge in [0.1, 0.15) is 5.82 Å². The zero-order valence-corrected chi connectivity index (χ0v) is 10.9. The molecular formula is C15H20ClF. The first-order valence-electron chi connectivity index (χ1n) is 6.64. The summed E-state index contributed by atoms with van der Waals surface area (Å²) >= 11 is 6.51. The van der Waals surface area contributed by atoms with Crippen LogP contribution in [-0.4, -0.2) is 5.38 Å². The van der Waals surface area contributed by atoms with Gasteiger partial charge in [-0.05, 0) is 42.9 Å². The Kier molecular flexibility index (Phi) is 4.85. The van der Waals surface area contributed by atoms with E-state index in [1.165, 1.54) is 50.7 Å². The van der Waals surface area contributed by atoms with Gasteiger partial charge in [0.15, 0.2) is 0 Å². The fourth-order valence-electron chi connectivity index (χ4n) is 2.68. The summed E-state index contributed by atoms with van der Waals surface area (Å²) in [5.41, 5.74) is 1.15. The molecule has 0 N–H and O–H groups in total. The van der Waals surface area contributed by atoms with Gasteiger partial charge in [0.25, 0.3) is 0 Å². The van der Waals surface area contributed by atoms with E-state index in [0.717, 1.165) is 12.0 Å². The molecule has 1 saturated carbocycles. The lowest BCUT2D eigenvalue weighted by molar-refractivity contribution is 0.435. The minimum absolute atomic E-state index is 0.172. The highest BCUT2D eigenvalue weighted by Gasteiger charge is 2.20. The topological polar surface area (TPSA) is 0 Å². The summed E-state index contributed by atoms with van der Waals surface area (Å²) in [4.78, 5) is 0. The lowest BCUT2D eigenvalue weighted by Crippen LogP contribution is -2.17. The van der Waals surface area contributed by atoms with Gasteiger partial charge in [-0.15, -0.1) is 11.6 Å². The van der Waals surface area contributed by atoms with Gasteiger partial charge in [-0.1, -0.05) is 37.8 Å². The fourth-order valence-corrected chi connectivity index (χ4v) is 3.12. The van der Waals surface area contributed by atoms with Gasteiger partial charge >= 0.3 is 0 Å². The van der Waals surface area contributed by atoms with Crippen LogP contribution in [0, 0.1) is 11.7 Å². The average Bonchev–Trinajstić information content (AvgIpc) is 2.61. The molecule has 2 heteroatoms. The SMILES string of the molecule is Fc1ccc(CC(Cl)C2CCCCCC2)cc1. The molecule has 0 amide bonds. The van der Waals surface area contributed by atoms with Crippen LogP contribution in [0.5, 0.6) is 0 Å². The molecule has 0 heterocycles. The summed E-state index contributed by atoms with van der Waals surface area (Å²) in [6.45, 7) is 0. The van der Waals surface area contributed by atoms with Gasteiger partial charge in [-0.3, -0.25) is 0 Å². The first-order valence-corrected chi connectivity index (χ1v) is 7.08. The van der Waals surface area contributed by atoms with Gasteiger partial charge in [0, 0.05) is 5.38 Å². The van der Waals surface area contributed by atoms with Crippen molar-refractivity contribution in [2.75, 3.05) is 0 Å². The molecule has 0 radical (unpaired) electrons. The van der Waals surface area contributed by atoms with Crippen LogP contribution in [0.25, 0.3) is 0 Å². The summed E-state index contributed by atoms with van der Waals surface area (Å²) in [6.07, 6.45) is 8.74. The third kappa shape index (κ3) is 3.99. The Morgan fingerprint density at radius 3 is 2.24 bits per heavy atom. The Morgan fingerprint density at radius 2 is 1.65 bits per heavy atom. The van der Waals surface area contributed by atoms with Gasteiger partial charge in [0.2, 0.25) is 0 Å². The van der Waals surface area contributed by atoms with Crippen molar-refractivity contribution in [3.8, 4) is 0 Å². The maximum Gasteiger partial charge on any atom is 0.123 e. The molecule has 0 bridgehead atoms. The molecule has 2 rings (SSSR count). The molecule has 0 spiro atoms. The third-order valence-corrected chi connectivity index (χ3v) is 4.27. The fraction of sp³-hybridized carbons (Fsp3) is 0.600. The molecular weight excluding hydrogens is 235 g/mol. The number of hydrogen-bond donors (Lipinski definition) is 0. The van der Waals surface area contributed by atoms with Gasteiger partial charge in [-0.2, -0.15) is 0 Å². The van der Waals surface area contributed by atoms with Crippen LogP contribution in [0.1, 0.15) is 44.1 Å². The Bertz CT molecular complexity index is 325. The largest absolute Gasteiger partial charge is 0.207 e. The average molecular weight is 255 g/mol. The van der Waals surface area contributed by atoms with Gasteiger partial charge < -0.3 is 0 Å². The number of rotatable bonds is 3. The van der Waals surface area contributed by atoms with E-state index < -0.39 is 0 Å². The Hall–Kier alpha value is -0.560. The lowest BCUT2D eigenvalue weighted by atomic mass is 9.92. The van der Waals surface area contributed by atoms with Crippen LogP contribution in [0.3, 0.4) is 0 Å². The zero-order valence-electron chi connectivity index (χ0n) is 10.2. The maximum absolute atomic E-state index is 12.8. The second-order valence-electron chi connectivity index (χ2n) is 5.10. The van der Waals surface area contributed by atoms with Crippen LogP contribution >= 0.6 is 11.6 Å². The van der Waals surface area contributed by atoms with E-state index in [4.69, 9.17) is 11.6 Å². The minimum Gasteiger partial charge on any atom is -0.207 e. The number of benzene rings is 1. The van der Waals surface area contributed by atoms with E-state index >= 15 is 0 Å². The highest BCUT2D eigenvalue weighted by Crippen LogP contribution is 2.30. The Labute approximate surface area is 108 Å². The van der Waals surface area contributed by atoms with Crippen molar-refractivity contribution in [1.29, 1.82) is 0 Å². The van der Waals surface area contributed by atoms with Crippen molar-refractivity contribution < 1.29 is 4.39 Å². The van der Waals surface area contributed by atoms with Crippen molar-refractivity contribution in [2.45, 2.75) is 50.3 Å². The summed E-state index contributed by atoms with van der Waals surface area (Å²) < 4.78 is 12.8. The van der Waals surface area contributed by atoms with E-state index in [1.807, 2.05) is 12.1 Å². The first kappa shape index (κ1) is 12.9. The van der Waals surface area contributed by atoms with Crippen molar-refractivity contribution in [1.82, 2.24) is 0 Å². The molecule has 1 aromatic rings. The highest BCUT2D eigenvalue weighted by atomic mass is 35.5. The van der Waals surface area contributed by atoms with Crippen molar-refractivity contribution in [3.63, 3.8) is 0 Å². The number of alkyl halides is 1. The van der Waals surface area contributed by atoms with Crippen molar-refractivity contribution in [2.24, 2.45) is 5.92 Å². The molecule has 0 nitrogen and oxygen atoms in total. The van der Waals surface area contributed by atoms with E-state index in [0.29, 0.717) is 5.92 Å². The number of halogens is 2. The molecule has 17 heavy (non-hydrogen) atoms. The Balaban J connectivity index is 1.90. The Morgan fingerprint density at radius 1 is 1.06 bits per heavy atom. The van der Waals surface area contributed by atoms with E-state index in [1.54, 1.807) is 0 Å². The molecule has 1 aliphatic rings. The molecule has 0 aromatic heterocycles. The van der Waals surface area contributed by atoms with Crippen LogP contribution in [0.15, 0.2) is 24.3 Å². The first-order chi connectivity index (χ1) is 8.25. The standard InChI is InChI=1S/C15H20ClF/c16-15(13-5-3-1-2-4-6-13)11-12-7-9-14(17)10-8-12/h7-10,13,15H,1-6,11H2. The molecule has 0 saturated heterocycles. The second-order valence-corrected chi connectivity index (χ2v) is 5.66. The summed E-state index contributed by atoms with van der Waals surface area (Å²) in [5, 5.41) is 0.207. The summed E-state index contributed by atoms with van der Waals surface area (Å²) in [5.74, 6) is 0.471. The smallest absolute Gasteiger partial charge is 0.123 e. The highest BCUT2D eigenvalue weighted by molar-refractivity contribution is 6.20. The third-order valence-electron chi connectivity index (χ3n) is 3.76. The molecule has 0 aliphatic heterocycles. The van der Waals surface area contributed by atoms with Gasteiger partial charge in [-0.25, -0.2) is 4.39 Å². The quantitative estimate of drug-likeness (QED) is 0.529. The van der Waals surface area contributed by atoms with Crippen LogP contribution < -0.4 is 0 Å². The molecule has 1 unspecified atom stereocenters. The minimum atomic E-state index is -0.172. The van der Waals surface area contributed by atoms with Crippen LogP contribution in [-0.2, 0) is 6.42 Å². The van der Waals surface area contributed by atoms with Crippen molar-refractivity contribution in [3.05, 3.63) is 35.6 Å². The second kappa shape index (κ2) is 6.39. The molecule has 1 fully saturated rings. The molecule has 1 atom stereocenters. The predicted octanol–water partition coefficient (Wildman–Crippen LogP) is 4.95. The van der Waals surface area contributed by atoms with Crippen molar-refractivity contribution >= 4 is 11.6 Å². The summed E-state index contributed by atoms with van der Waals surface area (Å²) in [7, 11) is 0. The number of hydrogen-bond acceptors (Lipinski definition) is 0. The van der Waals surface area contributed by atoms with E-state index in [2.05, 4.69) is 0 Å². The summed E-state index contributed by atoms with van der Waals surface area (Å²) in [6, 6.07) is 6.74. The van der Waals surface area contributed by atoms with Crippen LogP contribution in [0.4, 0.5) is 4.39 Å². The van der Waals surface area contributed by atoms with Gasteiger partial charge in [0.05, 0.1) is 0 Å². The normalized spacial score (nSPS) is 19.9. The lowest BCUT2D eigenvalue weighted by Gasteiger charge is -2.20. The van der Waals surface area contributed by atoms with E-state index in [-0.39, 0.29) is 11.2 Å². The molecule has 1 aromatic carbocycles. The molecule has 94 valence electrons. The molecule has 1 aliphatic carbocycles. The van der Waals surface area contributed by atoms with Crippen LogP contribution in [0.2, 0.25) is 0 Å². The maximum atomic E-state index is 12.8. The zero-order chi connectivity index (χ0) is 12.1. The predicted molar refractivity (Wildman–Crippen MR) is 70.9 cm³/mol. The van der Waals surface area contributed by atoms with E-state index in [9.17, 15) is 4.39 Å². The monoisotopic (exact) mass is 254 g/mol.